The van der Waals surface area contributed by atoms with Crippen molar-refractivity contribution in [1.82, 2.24) is 4.98 Å². The molecule has 150 valence electrons. The topological polar surface area (TPSA) is 69.4 Å². The Morgan fingerprint density at radius 1 is 1.00 bits per heavy atom. The maximum atomic E-state index is 11.6. The smallest absolute Gasteiger partial charge is 0.226 e. The van der Waals surface area contributed by atoms with Gasteiger partial charge in [-0.25, -0.2) is 4.98 Å². The summed E-state index contributed by atoms with van der Waals surface area (Å²) in [6.07, 6.45) is 1.06. The molecule has 29 heavy (non-hydrogen) atoms. The lowest BCUT2D eigenvalue weighted by Crippen LogP contribution is -2.21. The van der Waals surface area contributed by atoms with E-state index in [2.05, 4.69) is 4.98 Å². The van der Waals surface area contributed by atoms with Gasteiger partial charge in [0.05, 0.1) is 18.2 Å². The molecule has 0 aliphatic heterocycles. The van der Waals surface area contributed by atoms with Crippen LogP contribution in [0.15, 0.2) is 59.0 Å². The SMILES string of the molecule is CC(=O)C(Cc1ccc(OCCc2nc(-c3ccccc3)oc2C)cc1)C(C)=O. The normalized spacial score (nSPS) is 10.9. The molecule has 5 heteroatoms. The summed E-state index contributed by atoms with van der Waals surface area (Å²) in [6, 6.07) is 17.3. The van der Waals surface area contributed by atoms with Gasteiger partial charge in [0.25, 0.3) is 0 Å². The third kappa shape index (κ3) is 5.41. The fourth-order valence-corrected chi connectivity index (χ4v) is 3.16. The van der Waals surface area contributed by atoms with Crippen molar-refractivity contribution in [1.29, 1.82) is 0 Å². The maximum absolute atomic E-state index is 11.6. The minimum absolute atomic E-state index is 0.101. The first-order valence-electron chi connectivity index (χ1n) is 9.68. The van der Waals surface area contributed by atoms with Crippen molar-refractivity contribution in [3.05, 3.63) is 71.6 Å². The molecule has 0 N–H and O–H groups in total. The highest BCUT2D eigenvalue weighted by molar-refractivity contribution is 6.00. The van der Waals surface area contributed by atoms with E-state index in [1.807, 2.05) is 61.5 Å². The van der Waals surface area contributed by atoms with E-state index in [9.17, 15) is 9.59 Å². The number of aryl methyl sites for hydroxylation is 1. The Balaban J connectivity index is 1.55. The van der Waals surface area contributed by atoms with Crippen LogP contribution in [0.3, 0.4) is 0 Å². The van der Waals surface area contributed by atoms with E-state index in [0.29, 0.717) is 25.3 Å². The standard InChI is InChI=1S/C24H25NO4/c1-16(26)22(17(2)27)15-19-9-11-21(12-10-19)28-14-13-23-18(3)29-24(25-23)20-7-5-4-6-8-20/h4-12,22H,13-15H2,1-3H3. The number of nitrogens with zero attached hydrogens (tertiary/aromatic N) is 1. The number of hydrogen-bond acceptors (Lipinski definition) is 5. The first-order valence-corrected chi connectivity index (χ1v) is 9.68. The molecule has 3 aromatic rings. The lowest BCUT2D eigenvalue weighted by atomic mass is 9.93. The van der Waals surface area contributed by atoms with Gasteiger partial charge in [-0.2, -0.15) is 0 Å². The second-order valence-corrected chi connectivity index (χ2v) is 7.11. The quantitative estimate of drug-likeness (QED) is 0.498. The van der Waals surface area contributed by atoms with Gasteiger partial charge >= 0.3 is 0 Å². The molecule has 0 saturated carbocycles. The number of benzene rings is 2. The lowest BCUT2D eigenvalue weighted by molar-refractivity contribution is -0.130. The zero-order valence-electron chi connectivity index (χ0n) is 17.0. The number of oxazole rings is 1. The van der Waals surface area contributed by atoms with Crippen molar-refractivity contribution in [3.8, 4) is 17.2 Å². The summed E-state index contributed by atoms with van der Waals surface area (Å²) in [7, 11) is 0. The largest absolute Gasteiger partial charge is 0.493 e. The number of rotatable bonds is 9. The number of ether oxygens (including phenoxy) is 1. The van der Waals surface area contributed by atoms with Gasteiger partial charge in [-0.3, -0.25) is 9.59 Å². The third-order valence-corrected chi connectivity index (χ3v) is 4.87. The molecule has 0 bridgehead atoms. The van der Waals surface area contributed by atoms with E-state index in [4.69, 9.17) is 9.15 Å². The minimum Gasteiger partial charge on any atom is -0.493 e. The van der Waals surface area contributed by atoms with Gasteiger partial charge in [0, 0.05) is 12.0 Å². The Bertz CT molecular complexity index is 960. The number of hydrogen-bond donors (Lipinski definition) is 0. The Labute approximate surface area is 170 Å². The van der Waals surface area contributed by atoms with Crippen molar-refractivity contribution in [2.24, 2.45) is 5.92 Å². The van der Waals surface area contributed by atoms with Crippen LogP contribution in [0.25, 0.3) is 11.5 Å². The molecule has 0 spiro atoms. The van der Waals surface area contributed by atoms with Crippen LogP contribution in [0.4, 0.5) is 0 Å². The van der Waals surface area contributed by atoms with Gasteiger partial charge in [0.15, 0.2) is 0 Å². The van der Waals surface area contributed by atoms with Crippen LogP contribution in [-0.4, -0.2) is 23.2 Å². The van der Waals surface area contributed by atoms with Gasteiger partial charge in [0.2, 0.25) is 5.89 Å². The molecule has 5 nitrogen and oxygen atoms in total. The van der Waals surface area contributed by atoms with Gasteiger partial charge < -0.3 is 9.15 Å². The van der Waals surface area contributed by atoms with E-state index in [1.54, 1.807) is 0 Å². The van der Waals surface area contributed by atoms with E-state index >= 15 is 0 Å². The Morgan fingerprint density at radius 3 is 2.28 bits per heavy atom. The predicted octanol–water partition coefficient (Wildman–Crippen LogP) is 4.61. The molecular formula is C24H25NO4. The van der Waals surface area contributed by atoms with Crippen LogP contribution in [0, 0.1) is 12.8 Å². The second kappa shape index (κ2) is 9.32. The summed E-state index contributed by atoms with van der Waals surface area (Å²) in [5.41, 5.74) is 2.77. The first-order chi connectivity index (χ1) is 13.9. The second-order valence-electron chi connectivity index (χ2n) is 7.11. The molecule has 0 saturated heterocycles. The predicted molar refractivity (Wildman–Crippen MR) is 111 cm³/mol. The fourth-order valence-electron chi connectivity index (χ4n) is 3.16. The van der Waals surface area contributed by atoms with Crippen LogP contribution < -0.4 is 4.74 Å². The molecule has 1 aromatic heterocycles. The van der Waals surface area contributed by atoms with Crippen molar-refractivity contribution < 1.29 is 18.7 Å². The molecule has 0 atom stereocenters. The van der Waals surface area contributed by atoms with Crippen LogP contribution in [0.5, 0.6) is 5.75 Å². The van der Waals surface area contributed by atoms with E-state index < -0.39 is 5.92 Å². The molecule has 2 aromatic carbocycles. The van der Waals surface area contributed by atoms with Gasteiger partial charge in [-0.05, 0) is 57.0 Å². The summed E-state index contributed by atoms with van der Waals surface area (Å²) in [5, 5.41) is 0. The number of carbonyl (C=O) groups excluding carboxylic acids is 2. The van der Waals surface area contributed by atoms with E-state index in [1.165, 1.54) is 13.8 Å². The molecule has 0 aliphatic carbocycles. The van der Waals surface area contributed by atoms with Gasteiger partial charge in [-0.1, -0.05) is 30.3 Å². The highest BCUT2D eigenvalue weighted by Crippen LogP contribution is 2.22. The van der Waals surface area contributed by atoms with Crippen molar-refractivity contribution >= 4 is 11.6 Å². The number of aromatic nitrogens is 1. The van der Waals surface area contributed by atoms with Crippen LogP contribution in [0.2, 0.25) is 0 Å². The van der Waals surface area contributed by atoms with Crippen molar-refractivity contribution in [2.75, 3.05) is 6.61 Å². The maximum Gasteiger partial charge on any atom is 0.226 e. The third-order valence-electron chi connectivity index (χ3n) is 4.87. The molecule has 1 heterocycles. The Hall–Kier alpha value is -3.21. The monoisotopic (exact) mass is 391 g/mol. The Kier molecular flexibility index (Phi) is 6.60. The summed E-state index contributed by atoms with van der Waals surface area (Å²) in [6.45, 7) is 5.30. The molecule has 0 amide bonds. The van der Waals surface area contributed by atoms with E-state index in [0.717, 1.165) is 28.3 Å². The number of Topliss-reactive ketones (excluding diaryl/α,β-unsaturated/α-hetero) is 2. The van der Waals surface area contributed by atoms with Gasteiger partial charge in [0.1, 0.15) is 23.1 Å². The zero-order valence-corrected chi connectivity index (χ0v) is 17.0. The van der Waals surface area contributed by atoms with E-state index in [-0.39, 0.29) is 11.6 Å². The van der Waals surface area contributed by atoms with Crippen LogP contribution in [-0.2, 0) is 22.4 Å². The summed E-state index contributed by atoms with van der Waals surface area (Å²) in [5.74, 6) is 1.37. The highest BCUT2D eigenvalue weighted by Gasteiger charge is 2.19. The highest BCUT2D eigenvalue weighted by atomic mass is 16.5. The molecule has 0 unspecified atom stereocenters. The average molecular weight is 391 g/mol. The zero-order chi connectivity index (χ0) is 20.8. The Morgan fingerprint density at radius 2 is 1.66 bits per heavy atom. The molecule has 3 rings (SSSR count). The average Bonchev–Trinajstić information content (AvgIpc) is 3.08. The fraction of sp³-hybridized carbons (Fsp3) is 0.292. The van der Waals surface area contributed by atoms with Crippen molar-refractivity contribution in [3.63, 3.8) is 0 Å². The molecule has 0 fully saturated rings. The van der Waals surface area contributed by atoms with Crippen LogP contribution >= 0.6 is 0 Å². The lowest BCUT2D eigenvalue weighted by Gasteiger charge is -2.11. The van der Waals surface area contributed by atoms with Gasteiger partial charge in [-0.15, -0.1) is 0 Å². The summed E-state index contributed by atoms with van der Waals surface area (Å²) >= 11 is 0. The summed E-state index contributed by atoms with van der Waals surface area (Å²) < 4.78 is 11.6. The number of ketones is 2. The minimum atomic E-state index is -0.573. The summed E-state index contributed by atoms with van der Waals surface area (Å²) in [4.78, 5) is 27.8. The molecule has 0 aliphatic rings. The number of carbonyl (C=O) groups is 2. The molecular weight excluding hydrogens is 366 g/mol. The first kappa shape index (κ1) is 20.5. The van der Waals surface area contributed by atoms with Crippen molar-refractivity contribution in [2.45, 2.75) is 33.6 Å². The van der Waals surface area contributed by atoms with Crippen LogP contribution in [0.1, 0.15) is 30.9 Å². The molecule has 0 radical (unpaired) electrons.